The second-order valence-electron chi connectivity index (χ2n) is 5.35. The Morgan fingerprint density at radius 3 is 2.30 bits per heavy atom. The van der Waals surface area contributed by atoms with Gasteiger partial charge in [0.05, 0.1) is 24.5 Å². The van der Waals surface area contributed by atoms with Gasteiger partial charge in [-0.1, -0.05) is 30.3 Å². The van der Waals surface area contributed by atoms with Gasteiger partial charge in [-0.25, -0.2) is 4.98 Å². The van der Waals surface area contributed by atoms with Gasteiger partial charge in [0.2, 0.25) is 0 Å². The molecule has 5 heteroatoms. The van der Waals surface area contributed by atoms with Crippen molar-refractivity contribution in [2.45, 2.75) is 6.92 Å². The highest BCUT2D eigenvalue weighted by atomic mass is 16.5. The first-order valence-corrected chi connectivity index (χ1v) is 7.49. The molecule has 0 N–H and O–H groups in total. The molecule has 2 aromatic rings. The molecule has 1 saturated heterocycles. The number of rotatable bonds is 2. The normalized spacial score (nSPS) is 14.1. The zero-order chi connectivity index (χ0) is 16.2. The molecule has 1 aliphatic rings. The molecule has 2 heterocycles. The molecule has 3 rings (SSSR count). The monoisotopic (exact) mass is 304 g/mol. The maximum Gasteiger partial charge on any atom is 0.148 e. The van der Waals surface area contributed by atoms with E-state index in [2.05, 4.69) is 12.1 Å². The van der Waals surface area contributed by atoms with Crippen LogP contribution in [0, 0.1) is 29.6 Å². The fourth-order valence-corrected chi connectivity index (χ4v) is 2.79. The van der Waals surface area contributed by atoms with Crippen molar-refractivity contribution in [2.24, 2.45) is 0 Å². The van der Waals surface area contributed by atoms with Crippen molar-refractivity contribution in [2.75, 3.05) is 31.2 Å². The van der Waals surface area contributed by atoms with E-state index >= 15 is 0 Å². The van der Waals surface area contributed by atoms with Crippen molar-refractivity contribution in [3.05, 3.63) is 47.0 Å². The smallest absolute Gasteiger partial charge is 0.148 e. The lowest BCUT2D eigenvalue weighted by molar-refractivity contribution is 0.122. The number of hydrogen-bond donors (Lipinski definition) is 0. The molecule has 23 heavy (non-hydrogen) atoms. The molecule has 1 aromatic heterocycles. The van der Waals surface area contributed by atoms with Crippen molar-refractivity contribution in [3.8, 4) is 23.4 Å². The summed E-state index contributed by atoms with van der Waals surface area (Å²) in [5, 5.41) is 19.1. The average Bonchev–Trinajstić information content (AvgIpc) is 2.62. The third-order valence-corrected chi connectivity index (χ3v) is 4.00. The van der Waals surface area contributed by atoms with Gasteiger partial charge >= 0.3 is 0 Å². The molecular formula is C18H16N4O. The lowest BCUT2D eigenvalue weighted by atomic mass is 9.98. The molecule has 1 fully saturated rings. The minimum absolute atomic E-state index is 0.353. The Kier molecular flexibility index (Phi) is 4.23. The molecule has 0 unspecified atom stereocenters. The standard InChI is InChI=1S/C18H16N4O/c1-13-15(11-19)16(12-20)18(22-7-9-23-10-8-22)21-17(13)14-5-3-2-4-6-14/h2-6H,7-10H2,1H3. The van der Waals surface area contributed by atoms with E-state index in [1.807, 2.05) is 42.2 Å². The number of morpholine rings is 1. The van der Waals surface area contributed by atoms with Crippen LogP contribution >= 0.6 is 0 Å². The summed E-state index contributed by atoms with van der Waals surface area (Å²) in [7, 11) is 0. The molecule has 1 aliphatic heterocycles. The third kappa shape index (κ3) is 2.75. The van der Waals surface area contributed by atoms with Crippen LogP contribution in [0.5, 0.6) is 0 Å². The summed E-state index contributed by atoms with van der Waals surface area (Å²) in [5.74, 6) is 0.580. The quantitative estimate of drug-likeness (QED) is 0.852. The van der Waals surface area contributed by atoms with Crippen LogP contribution in [0.1, 0.15) is 16.7 Å². The first-order chi connectivity index (χ1) is 11.3. The summed E-state index contributed by atoms with van der Waals surface area (Å²) < 4.78 is 5.37. The van der Waals surface area contributed by atoms with Gasteiger partial charge < -0.3 is 9.64 Å². The van der Waals surface area contributed by atoms with Crippen molar-refractivity contribution < 1.29 is 4.74 Å². The van der Waals surface area contributed by atoms with Gasteiger partial charge in [-0.3, -0.25) is 0 Å². The molecule has 0 amide bonds. The van der Waals surface area contributed by atoms with Crippen LogP contribution in [0.3, 0.4) is 0 Å². The summed E-state index contributed by atoms with van der Waals surface area (Å²) in [6.07, 6.45) is 0. The SMILES string of the molecule is Cc1c(-c2ccccc2)nc(N2CCOCC2)c(C#N)c1C#N. The Morgan fingerprint density at radius 2 is 1.70 bits per heavy atom. The van der Waals surface area contributed by atoms with Crippen molar-refractivity contribution in [1.82, 2.24) is 4.98 Å². The van der Waals surface area contributed by atoms with Gasteiger partial charge in [-0.05, 0) is 12.5 Å². The molecule has 1 aromatic carbocycles. The maximum absolute atomic E-state index is 9.55. The molecule has 5 nitrogen and oxygen atoms in total. The first kappa shape index (κ1) is 15.0. The van der Waals surface area contributed by atoms with E-state index in [-0.39, 0.29) is 0 Å². The Balaban J connectivity index is 2.22. The van der Waals surface area contributed by atoms with E-state index in [4.69, 9.17) is 9.72 Å². The second kappa shape index (κ2) is 6.48. The first-order valence-electron chi connectivity index (χ1n) is 7.49. The lowest BCUT2D eigenvalue weighted by Crippen LogP contribution is -2.37. The van der Waals surface area contributed by atoms with E-state index < -0.39 is 0 Å². The highest BCUT2D eigenvalue weighted by molar-refractivity contribution is 5.74. The number of nitriles is 2. The molecule has 0 atom stereocenters. The third-order valence-electron chi connectivity index (χ3n) is 4.00. The van der Waals surface area contributed by atoms with E-state index in [1.54, 1.807) is 0 Å². The molecule has 0 aliphatic carbocycles. The molecule has 0 bridgehead atoms. The van der Waals surface area contributed by atoms with Crippen LogP contribution in [-0.2, 0) is 4.74 Å². The zero-order valence-electron chi connectivity index (χ0n) is 12.9. The highest BCUT2D eigenvalue weighted by Gasteiger charge is 2.23. The highest BCUT2D eigenvalue weighted by Crippen LogP contribution is 2.31. The number of hydrogen-bond acceptors (Lipinski definition) is 5. The largest absolute Gasteiger partial charge is 0.378 e. The number of ether oxygens (including phenoxy) is 1. The number of anilines is 1. The number of aromatic nitrogens is 1. The Bertz CT molecular complexity index is 796. The molecule has 0 saturated carbocycles. The molecular weight excluding hydrogens is 288 g/mol. The number of nitrogens with zero attached hydrogens (tertiary/aromatic N) is 4. The predicted octanol–water partition coefficient (Wildman–Crippen LogP) is 2.64. The molecule has 0 spiro atoms. The fourth-order valence-electron chi connectivity index (χ4n) is 2.79. The fraction of sp³-hybridized carbons (Fsp3) is 0.278. The Labute approximate surface area is 135 Å². The van der Waals surface area contributed by atoms with Gasteiger partial charge in [0.1, 0.15) is 23.5 Å². The van der Waals surface area contributed by atoms with Gasteiger partial charge in [0.25, 0.3) is 0 Å². The minimum Gasteiger partial charge on any atom is -0.378 e. The summed E-state index contributed by atoms with van der Waals surface area (Å²) >= 11 is 0. The molecule has 114 valence electrons. The topological polar surface area (TPSA) is 72.9 Å². The van der Waals surface area contributed by atoms with E-state index in [1.165, 1.54) is 0 Å². The molecule has 0 radical (unpaired) electrons. The maximum atomic E-state index is 9.55. The van der Waals surface area contributed by atoms with Gasteiger partial charge in [-0.15, -0.1) is 0 Å². The zero-order valence-corrected chi connectivity index (χ0v) is 12.9. The van der Waals surface area contributed by atoms with Crippen LogP contribution in [0.4, 0.5) is 5.82 Å². The van der Waals surface area contributed by atoms with Crippen molar-refractivity contribution >= 4 is 5.82 Å². The van der Waals surface area contributed by atoms with Crippen LogP contribution in [-0.4, -0.2) is 31.3 Å². The van der Waals surface area contributed by atoms with E-state index in [0.717, 1.165) is 16.8 Å². The number of pyridine rings is 1. The summed E-state index contributed by atoms with van der Waals surface area (Å²) in [6, 6.07) is 14.1. The number of benzene rings is 1. The van der Waals surface area contributed by atoms with Crippen LogP contribution in [0.2, 0.25) is 0 Å². The van der Waals surface area contributed by atoms with Crippen LogP contribution in [0.25, 0.3) is 11.3 Å². The Hall–Kier alpha value is -2.89. The van der Waals surface area contributed by atoms with Crippen molar-refractivity contribution in [3.63, 3.8) is 0 Å². The summed E-state index contributed by atoms with van der Waals surface area (Å²) in [4.78, 5) is 6.76. The summed E-state index contributed by atoms with van der Waals surface area (Å²) in [5.41, 5.74) is 3.20. The predicted molar refractivity (Wildman–Crippen MR) is 86.9 cm³/mol. The van der Waals surface area contributed by atoms with Crippen molar-refractivity contribution in [1.29, 1.82) is 10.5 Å². The Morgan fingerprint density at radius 1 is 1.04 bits per heavy atom. The second-order valence-corrected chi connectivity index (χ2v) is 5.35. The average molecular weight is 304 g/mol. The van der Waals surface area contributed by atoms with Gasteiger partial charge in [0, 0.05) is 18.7 Å². The van der Waals surface area contributed by atoms with E-state index in [0.29, 0.717) is 43.2 Å². The van der Waals surface area contributed by atoms with Gasteiger partial charge in [-0.2, -0.15) is 10.5 Å². The van der Waals surface area contributed by atoms with E-state index in [9.17, 15) is 10.5 Å². The van der Waals surface area contributed by atoms with Crippen LogP contribution in [0.15, 0.2) is 30.3 Å². The van der Waals surface area contributed by atoms with Gasteiger partial charge in [0.15, 0.2) is 0 Å². The minimum atomic E-state index is 0.353. The summed E-state index contributed by atoms with van der Waals surface area (Å²) in [6.45, 7) is 4.39. The van der Waals surface area contributed by atoms with Crippen LogP contribution < -0.4 is 4.90 Å². The lowest BCUT2D eigenvalue weighted by Gasteiger charge is -2.29.